The van der Waals surface area contributed by atoms with Crippen LogP contribution in [0.25, 0.3) is 0 Å². The second-order valence-corrected chi connectivity index (χ2v) is 8.18. The second kappa shape index (κ2) is 10.1. The molecule has 0 bridgehead atoms. The van der Waals surface area contributed by atoms with Crippen molar-refractivity contribution < 1.29 is 9.59 Å². The van der Waals surface area contributed by atoms with Gasteiger partial charge >= 0.3 is 0 Å². The quantitative estimate of drug-likeness (QED) is 0.703. The zero-order chi connectivity index (χ0) is 20.8. The molecule has 1 saturated heterocycles. The van der Waals surface area contributed by atoms with Crippen molar-refractivity contribution in [1.29, 1.82) is 0 Å². The van der Waals surface area contributed by atoms with E-state index in [0.29, 0.717) is 28.8 Å². The predicted octanol–water partition coefficient (Wildman–Crippen LogP) is 4.52. The SMILES string of the molecule is CC(NC(=O)C1CCN(CC(=O)Nc2ccc(Cl)c(Cl)c2)CC1)c1ccccc1. The summed E-state index contributed by atoms with van der Waals surface area (Å²) < 4.78 is 0. The molecule has 2 aromatic carbocycles. The van der Waals surface area contributed by atoms with Crippen molar-refractivity contribution in [1.82, 2.24) is 10.2 Å². The van der Waals surface area contributed by atoms with E-state index in [4.69, 9.17) is 23.2 Å². The van der Waals surface area contributed by atoms with Crippen LogP contribution in [-0.2, 0) is 9.59 Å². The van der Waals surface area contributed by atoms with Crippen LogP contribution in [0.1, 0.15) is 31.4 Å². The third kappa shape index (κ3) is 6.20. The molecule has 1 unspecified atom stereocenters. The molecule has 5 nitrogen and oxygen atoms in total. The molecule has 7 heteroatoms. The minimum atomic E-state index is -0.107. The Balaban J connectivity index is 1.43. The average Bonchev–Trinajstić information content (AvgIpc) is 2.72. The van der Waals surface area contributed by atoms with Gasteiger partial charge in [-0.1, -0.05) is 53.5 Å². The highest BCUT2D eigenvalue weighted by atomic mass is 35.5. The number of nitrogens with one attached hydrogen (secondary N) is 2. The van der Waals surface area contributed by atoms with Crippen LogP contribution < -0.4 is 10.6 Å². The smallest absolute Gasteiger partial charge is 0.238 e. The summed E-state index contributed by atoms with van der Waals surface area (Å²) in [5.74, 6) is -0.0409. The Morgan fingerprint density at radius 3 is 2.41 bits per heavy atom. The van der Waals surface area contributed by atoms with Crippen molar-refractivity contribution in [3.05, 3.63) is 64.1 Å². The molecule has 2 amide bonds. The molecule has 0 saturated carbocycles. The number of benzene rings is 2. The van der Waals surface area contributed by atoms with Gasteiger partial charge in [0.2, 0.25) is 11.8 Å². The van der Waals surface area contributed by atoms with Gasteiger partial charge < -0.3 is 10.6 Å². The zero-order valence-electron chi connectivity index (χ0n) is 16.3. The number of piperidine rings is 1. The molecule has 1 fully saturated rings. The van der Waals surface area contributed by atoms with Crippen molar-refractivity contribution in [2.75, 3.05) is 25.0 Å². The van der Waals surface area contributed by atoms with Crippen LogP contribution in [0.15, 0.2) is 48.5 Å². The number of carbonyl (C=O) groups excluding carboxylic acids is 2. The van der Waals surface area contributed by atoms with E-state index in [1.54, 1.807) is 18.2 Å². The Hall–Kier alpha value is -2.08. The molecule has 29 heavy (non-hydrogen) atoms. The normalized spacial score (nSPS) is 16.2. The van der Waals surface area contributed by atoms with Gasteiger partial charge in [-0.25, -0.2) is 0 Å². The molecule has 0 aliphatic carbocycles. The lowest BCUT2D eigenvalue weighted by Gasteiger charge is -2.31. The predicted molar refractivity (Wildman–Crippen MR) is 117 cm³/mol. The van der Waals surface area contributed by atoms with Crippen molar-refractivity contribution in [3.8, 4) is 0 Å². The van der Waals surface area contributed by atoms with E-state index in [9.17, 15) is 9.59 Å². The van der Waals surface area contributed by atoms with Gasteiger partial charge in [-0.3, -0.25) is 14.5 Å². The summed E-state index contributed by atoms with van der Waals surface area (Å²) in [4.78, 5) is 26.9. The molecule has 154 valence electrons. The number of anilines is 1. The zero-order valence-corrected chi connectivity index (χ0v) is 17.8. The molecule has 1 heterocycles. The lowest BCUT2D eigenvalue weighted by molar-refractivity contribution is -0.127. The molecule has 3 rings (SSSR count). The number of carbonyl (C=O) groups is 2. The Morgan fingerprint density at radius 2 is 1.76 bits per heavy atom. The first-order valence-corrected chi connectivity index (χ1v) is 10.5. The average molecular weight is 434 g/mol. The summed E-state index contributed by atoms with van der Waals surface area (Å²) >= 11 is 11.9. The fraction of sp³-hybridized carbons (Fsp3) is 0.364. The summed E-state index contributed by atoms with van der Waals surface area (Å²) in [6.07, 6.45) is 1.49. The molecular formula is C22H25Cl2N3O2. The molecule has 0 aromatic heterocycles. The molecular weight excluding hydrogens is 409 g/mol. The first-order chi connectivity index (χ1) is 13.9. The van der Waals surface area contributed by atoms with Crippen LogP contribution in [0, 0.1) is 5.92 Å². The number of hydrogen-bond donors (Lipinski definition) is 2. The number of nitrogens with zero attached hydrogens (tertiary/aromatic N) is 1. The van der Waals surface area contributed by atoms with E-state index in [0.717, 1.165) is 18.4 Å². The lowest BCUT2D eigenvalue weighted by Crippen LogP contribution is -2.43. The Kier molecular flexibility index (Phi) is 7.53. The summed E-state index contributed by atoms with van der Waals surface area (Å²) in [5, 5.41) is 6.79. The highest BCUT2D eigenvalue weighted by molar-refractivity contribution is 6.42. The molecule has 2 aromatic rings. The lowest BCUT2D eigenvalue weighted by atomic mass is 9.95. The Labute approximate surface area is 181 Å². The first-order valence-electron chi connectivity index (χ1n) is 9.75. The molecule has 1 atom stereocenters. The van der Waals surface area contributed by atoms with E-state index < -0.39 is 0 Å². The van der Waals surface area contributed by atoms with Gasteiger partial charge in [0.1, 0.15) is 0 Å². The highest BCUT2D eigenvalue weighted by Gasteiger charge is 2.26. The number of amides is 2. The maximum absolute atomic E-state index is 12.6. The van der Waals surface area contributed by atoms with E-state index in [1.165, 1.54) is 0 Å². The first kappa shape index (κ1) is 21.6. The Bertz CT molecular complexity index is 852. The van der Waals surface area contributed by atoms with Crippen LogP contribution in [0.5, 0.6) is 0 Å². The minimum absolute atomic E-state index is 0.0151. The summed E-state index contributed by atoms with van der Waals surface area (Å²) in [6.45, 7) is 3.71. The fourth-order valence-corrected chi connectivity index (χ4v) is 3.79. The largest absolute Gasteiger partial charge is 0.349 e. The van der Waals surface area contributed by atoms with Gasteiger partial charge in [0.15, 0.2) is 0 Å². The van der Waals surface area contributed by atoms with Crippen molar-refractivity contribution in [2.24, 2.45) is 5.92 Å². The fourth-order valence-electron chi connectivity index (χ4n) is 3.49. The molecule has 1 aliphatic heterocycles. The molecule has 2 N–H and O–H groups in total. The van der Waals surface area contributed by atoms with Crippen molar-refractivity contribution in [3.63, 3.8) is 0 Å². The molecule has 1 aliphatic rings. The third-order valence-electron chi connectivity index (χ3n) is 5.19. The maximum Gasteiger partial charge on any atom is 0.238 e. The van der Waals surface area contributed by atoms with Crippen LogP contribution in [-0.4, -0.2) is 36.3 Å². The van der Waals surface area contributed by atoms with Crippen molar-refractivity contribution in [2.45, 2.75) is 25.8 Å². The third-order valence-corrected chi connectivity index (χ3v) is 5.93. The van der Waals surface area contributed by atoms with Crippen LogP contribution in [0.3, 0.4) is 0 Å². The molecule has 0 spiro atoms. The molecule has 0 radical (unpaired) electrons. The maximum atomic E-state index is 12.6. The van der Waals surface area contributed by atoms with Gasteiger partial charge in [-0.15, -0.1) is 0 Å². The number of rotatable bonds is 6. The van der Waals surface area contributed by atoms with Gasteiger partial charge in [0.05, 0.1) is 22.6 Å². The van der Waals surface area contributed by atoms with Crippen LogP contribution in [0.2, 0.25) is 10.0 Å². The Morgan fingerprint density at radius 1 is 1.07 bits per heavy atom. The second-order valence-electron chi connectivity index (χ2n) is 7.37. The number of hydrogen-bond acceptors (Lipinski definition) is 3. The van der Waals surface area contributed by atoms with Gasteiger partial charge in [-0.2, -0.15) is 0 Å². The van der Waals surface area contributed by atoms with E-state index >= 15 is 0 Å². The summed E-state index contributed by atoms with van der Waals surface area (Å²) in [5.41, 5.74) is 1.71. The minimum Gasteiger partial charge on any atom is -0.349 e. The van der Waals surface area contributed by atoms with E-state index in [1.807, 2.05) is 37.3 Å². The van der Waals surface area contributed by atoms with Gasteiger partial charge in [-0.05, 0) is 56.6 Å². The number of halogens is 2. The highest BCUT2D eigenvalue weighted by Crippen LogP contribution is 2.25. The van der Waals surface area contributed by atoms with Crippen LogP contribution in [0.4, 0.5) is 5.69 Å². The summed E-state index contributed by atoms with van der Waals surface area (Å²) in [6, 6.07) is 14.9. The van der Waals surface area contributed by atoms with Crippen LogP contribution >= 0.6 is 23.2 Å². The van der Waals surface area contributed by atoms with Gasteiger partial charge in [0.25, 0.3) is 0 Å². The van der Waals surface area contributed by atoms with Crippen molar-refractivity contribution >= 4 is 40.7 Å². The summed E-state index contributed by atoms with van der Waals surface area (Å²) in [7, 11) is 0. The van der Waals surface area contributed by atoms with Gasteiger partial charge in [0, 0.05) is 11.6 Å². The van der Waals surface area contributed by atoms with E-state index in [-0.39, 0.29) is 30.3 Å². The number of likely N-dealkylation sites (tertiary alicyclic amines) is 1. The monoisotopic (exact) mass is 433 g/mol. The van der Waals surface area contributed by atoms with E-state index in [2.05, 4.69) is 15.5 Å². The standard InChI is InChI=1S/C22H25Cl2N3O2/c1-15(16-5-3-2-4-6-16)25-22(29)17-9-11-27(12-10-17)14-21(28)26-18-7-8-19(23)20(24)13-18/h2-8,13,15,17H,9-12,14H2,1H3,(H,25,29)(H,26,28). The topological polar surface area (TPSA) is 61.4 Å².